The van der Waals surface area contributed by atoms with E-state index in [1.54, 1.807) is 12.1 Å². The molecule has 1 aliphatic carbocycles. The number of esters is 1. The van der Waals surface area contributed by atoms with Crippen LogP contribution < -0.4 is 0 Å². The van der Waals surface area contributed by atoms with Gasteiger partial charge in [-0.05, 0) is 24.1 Å². The normalized spacial score (nSPS) is 22.5. The quantitative estimate of drug-likeness (QED) is 0.824. The summed E-state index contributed by atoms with van der Waals surface area (Å²) in [5.41, 5.74) is 3.17. The van der Waals surface area contributed by atoms with Crippen LogP contribution in [0.15, 0.2) is 35.9 Å². The molecule has 1 aromatic carbocycles. The maximum absolute atomic E-state index is 11.7. The molecule has 1 aromatic heterocycles. The van der Waals surface area contributed by atoms with E-state index in [1.165, 1.54) is 6.92 Å². The molecule has 1 aliphatic heterocycles. The van der Waals surface area contributed by atoms with Crippen molar-refractivity contribution in [1.29, 1.82) is 0 Å². The summed E-state index contributed by atoms with van der Waals surface area (Å²) in [5, 5.41) is 2.03. The van der Waals surface area contributed by atoms with Crippen LogP contribution in [0.5, 0.6) is 0 Å². The van der Waals surface area contributed by atoms with Crippen LogP contribution in [-0.2, 0) is 26.5 Å². The van der Waals surface area contributed by atoms with Gasteiger partial charge in [0.25, 0.3) is 5.79 Å². The van der Waals surface area contributed by atoms with Gasteiger partial charge >= 0.3 is 5.97 Å². The van der Waals surface area contributed by atoms with Gasteiger partial charge in [0, 0.05) is 17.9 Å². The third-order valence-electron chi connectivity index (χ3n) is 4.16. The Morgan fingerprint density at radius 3 is 2.74 bits per heavy atom. The van der Waals surface area contributed by atoms with E-state index in [0.29, 0.717) is 28.8 Å². The number of halogens is 2. The number of carbonyl (C=O) groups is 1. The van der Waals surface area contributed by atoms with Crippen LogP contribution in [0, 0.1) is 0 Å². The molecule has 0 saturated heterocycles. The molecule has 0 bridgehead atoms. The SMILES string of the molecule is CC(=O)OC1(C2=CC=C2)OCCc2c1[nH]c1c(Cl)ccc(Cl)c21. The summed E-state index contributed by atoms with van der Waals surface area (Å²) in [6.07, 6.45) is 6.27. The summed E-state index contributed by atoms with van der Waals surface area (Å²) >= 11 is 12.7. The summed E-state index contributed by atoms with van der Waals surface area (Å²) in [5.74, 6) is -1.69. The van der Waals surface area contributed by atoms with Crippen LogP contribution >= 0.6 is 23.2 Å². The Bertz CT molecular complexity index is 897. The van der Waals surface area contributed by atoms with Gasteiger partial charge in [0.2, 0.25) is 0 Å². The van der Waals surface area contributed by atoms with Crippen molar-refractivity contribution in [2.24, 2.45) is 0 Å². The minimum absolute atomic E-state index is 0.418. The van der Waals surface area contributed by atoms with Gasteiger partial charge in [0.15, 0.2) is 0 Å². The summed E-state index contributed by atoms with van der Waals surface area (Å²) in [6.45, 7) is 1.78. The molecule has 1 unspecified atom stereocenters. The number of H-pyrrole nitrogens is 1. The van der Waals surface area contributed by atoms with Crippen LogP contribution in [0.1, 0.15) is 18.2 Å². The lowest BCUT2D eigenvalue weighted by Crippen LogP contribution is -2.42. The maximum Gasteiger partial charge on any atom is 0.305 e. The monoisotopic (exact) mass is 349 g/mol. The third kappa shape index (κ3) is 2.06. The molecule has 4 nitrogen and oxygen atoms in total. The van der Waals surface area contributed by atoms with Gasteiger partial charge in [-0.25, -0.2) is 0 Å². The number of carbonyl (C=O) groups excluding carboxylic acids is 1. The highest BCUT2D eigenvalue weighted by Crippen LogP contribution is 2.46. The number of nitrogens with one attached hydrogen (secondary N) is 1. The number of hydrogen-bond donors (Lipinski definition) is 1. The van der Waals surface area contributed by atoms with Gasteiger partial charge in [-0.15, -0.1) is 0 Å². The second-order valence-corrected chi connectivity index (χ2v) is 6.36. The first kappa shape index (κ1) is 14.8. The average molecular weight is 350 g/mol. The third-order valence-corrected chi connectivity index (χ3v) is 4.79. The predicted molar refractivity (Wildman–Crippen MR) is 88.6 cm³/mol. The Balaban J connectivity index is 2.02. The van der Waals surface area contributed by atoms with Crippen molar-refractivity contribution < 1.29 is 14.3 Å². The topological polar surface area (TPSA) is 51.3 Å². The summed E-state index contributed by atoms with van der Waals surface area (Å²) in [7, 11) is 0. The Morgan fingerprint density at radius 2 is 2.09 bits per heavy atom. The predicted octanol–water partition coefficient (Wildman–Crippen LogP) is 4.26. The van der Waals surface area contributed by atoms with E-state index in [1.807, 2.05) is 18.2 Å². The van der Waals surface area contributed by atoms with Crippen molar-refractivity contribution in [2.75, 3.05) is 6.61 Å². The lowest BCUT2D eigenvalue weighted by atomic mass is 9.90. The van der Waals surface area contributed by atoms with Gasteiger partial charge in [-0.1, -0.05) is 41.4 Å². The molecular weight excluding hydrogens is 337 g/mol. The second-order valence-electron chi connectivity index (χ2n) is 5.55. The first-order chi connectivity index (χ1) is 11.0. The molecule has 0 saturated carbocycles. The zero-order valence-corrected chi connectivity index (χ0v) is 13.8. The number of allylic oxidation sites excluding steroid dienone is 2. The van der Waals surface area contributed by atoms with E-state index in [9.17, 15) is 4.79 Å². The number of aromatic amines is 1. The van der Waals surface area contributed by atoms with Gasteiger partial charge < -0.3 is 14.5 Å². The molecule has 1 atom stereocenters. The largest absolute Gasteiger partial charge is 0.422 e. The number of aromatic nitrogens is 1. The van der Waals surface area contributed by atoms with Gasteiger partial charge in [-0.2, -0.15) is 0 Å². The van der Waals surface area contributed by atoms with Crippen molar-refractivity contribution in [3.63, 3.8) is 0 Å². The van der Waals surface area contributed by atoms with Crippen molar-refractivity contribution in [2.45, 2.75) is 19.1 Å². The highest BCUT2D eigenvalue weighted by Gasteiger charge is 2.47. The zero-order valence-electron chi connectivity index (χ0n) is 12.3. The fourth-order valence-electron chi connectivity index (χ4n) is 3.18. The summed E-state index contributed by atoms with van der Waals surface area (Å²) in [6, 6.07) is 3.51. The van der Waals surface area contributed by atoms with Crippen LogP contribution in [0.25, 0.3) is 10.9 Å². The van der Waals surface area contributed by atoms with Crippen LogP contribution in [-0.4, -0.2) is 17.6 Å². The fourth-order valence-corrected chi connectivity index (χ4v) is 3.65. The van der Waals surface area contributed by atoms with Gasteiger partial charge in [-0.3, -0.25) is 4.79 Å². The average Bonchev–Trinajstić information content (AvgIpc) is 2.83. The molecule has 118 valence electrons. The summed E-state index contributed by atoms with van der Waals surface area (Å²) < 4.78 is 11.6. The van der Waals surface area contributed by atoms with Crippen molar-refractivity contribution in [1.82, 2.24) is 4.98 Å². The zero-order chi connectivity index (χ0) is 16.2. The molecule has 0 spiro atoms. The number of rotatable bonds is 2. The minimum atomic E-state index is -1.26. The van der Waals surface area contributed by atoms with Crippen molar-refractivity contribution in [3.8, 4) is 0 Å². The molecule has 2 aliphatic rings. The standard InChI is InChI=1S/C17H13Cl2NO3/c1-9(21)23-17(10-3-2-4-10)16-11(7-8-22-17)14-12(18)5-6-13(19)15(14)20-16/h2-6,20H,7-8H2,1H3. The molecule has 4 rings (SSSR count). The first-order valence-electron chi connectivity index (χ1n) is 7.24. The molecule has 0 fully saturated rings. The van der Waals surface area contributed by atoms with E-state index in [2.05, 4.69) is 4.98 Å². The minimum Gasteiger partial charge on any atom is -0.422 e. The number of benzene rings is 1. The number of fused-ring (bicyclic) bond motifs is 3. The van der Waals surface area contributed by atoms with Crippen LogP contribution in [0.2, 0.25) is 10.0 Å². The van der Waals surface area contributed by atoms with E-state index in [-0.39, 0.29) is 0 Å². The fraction of sp³-hybridized carbons (Fsp3) is 0.235. The van der Waals surface area contributed by atoms with Crippen molar-refractivity contribution in [3.05, 3.63) is 57.2 Å². The van der Waals surface area contributed by atoms with Gasteiger partial charge in [0.05, 0.1) is 27.9 Å². The van der Waals surface area contributed by atoms with E-state index >= 15 is 0 Å². The number of ether oxygens (including phenoxy) is 2. The Morgan fingerprint density at radius 1 is 1.35 bits per heavy atom. The second kappa shape index (κ2) is 5.13. The van der Waals surface area contributed by atoms with Crippen LogP contribution in [0.3, 0.4) is 0 Å². The summed E-state index contributed by atoms with van der Waals surface area (Å²) in [4.78, 5) is 15.0. The molecule has 23 heavy (non-hydrogen) atoms. The lowest BCUT2D eigenvalue weighted by Gasteiger charge is -2.38. The molecule has 2 heterocycles. The van der Waals surface area contributed by atoms with E-state index < -0.39 is 11.8 Å². The number of hydrogen-bond acceptors (Lipinski definition) is 3. The smallest absolute Gasteiger partial charge is 0.305 e. The Hall–Kier alpha value is -1.75. The van der Waals surface area contributed by atoms with Gasteiger partial charge in [0.1, 0.15) is 0 Å². The lowest BCUT2D eigenvalue weighted by molar-refractivity contribution is -0.223. The molecule has 6 heteroatoms. The highest BCUT2D eigenvalue weighted by molar-refractivity contribution is 6.40. The van der Waals surface area contributed by atoms with Crippen molar-refractivity contribution >= 4 is 40.1 Å². The van der Waals surface area contributed by atoms with Crippen LogP contribution in [0.4, 0.5) is 0 Å². The Labute approximate surface area is 142 Å². The molecule has 1 N–H and O–H groups in total. The van der Waals surface area contributed by atoms with E-state index in [4.69, 9.17) is 32.7 Å². The Kier molecular flexibility index (Phi) is 3.30. The molecular formula is C17H13Cl2NO3. The first-order valence-corrected chi connectivity index (χ1v) is 8.00. The highest BCUT2D eigenvalue weighted by atomic mass is 35.5. The molecule has 0 amide bonds. The van der Waals surface area contributed by atoms with E-state index in [0.717, 1.165) is 22.0 Å². The maximum atomic E-state index is 11.7. The molecule has 0 radical (unpaired) electrons. The molecule has 2 aromatic rings.